The van der Waals surface area contributed by atoms with Crippen LogP contribution in [0.25, 0.3) is 0 Å². The summed E-state index contributed by atoms with van der Waals surface area (Å²) in [6.07, 6.45) is 1.77. The number of nitrogen functional groups attached to an aromatic ring is 1. The molecule has 0 fully saturated rings. The number of hydrogen-bond donors (Lipinski definition) is 2. The molecular formula is C11H20N4S. The molecule has 1 aromatic rings. The van der Waals surface area contributed by atoms with Crippen molar-refractivity contribution < 1.29 is 0 Å². The van der Waals surface area contributed by atoms with Crippen LogP contribution in [-0.4, -0.2) is 35.3 Å². The van der Waals surface area contributed by atoms with E-state index in [-0.39, 0.29) is 0 Å². The van der Waals surface area contributed by atoms with Gasteiger partial charge in [-0.25, -0.2) is 10.8 Å². The van der Waals surface area contributed by atoms with Crippen LogP contribution in [-0.2, 0) is 0 Å². The molecule has 5 heteroatoms. The molecule has 0 spiro atoms. The largest absolute Gasteiger partial charge is 0.308 e. The molecule has 0 saturated heterocycles. The van der Waals surface area contributed by atoms with Gasteiger partial charge in [-0.05, 0) is 25.2 Å². The second-order valence-electron chi connectivity index (χ2n) is 3.40. The number of aromatic nitrogens is 1. The molecule has 0 aliphatic carbocycles. The van der Waals surface area contributed by atoms with E-state index in [9.17, 15) is 0 Å². The smallest absolute Gasteiger partial charge is 0.140 e. The summed E-state index contributed by atoms with van der Waals surface area (Å²) in [5.74, 6) is 7.12. The summed E-state index contributed by atoms with van der Waals surface area (Å²) < 4.78 is 0. The molecule has 1 rings (SSSR count). The summed E-state index contributed by atoms with van der Waals surface area (Å²) >= 11 is 1.83. The van der Waals surface area contributed by atoms with Crippen LogP contribution in [0.4, 0.5) is 5.82 Å². The standard InChI is InChI=1S/C11H20N4S/c1-3-15(4-2)7-8-16-10-5-6-13-11(9-10)14-12/h5-6,9H,3-4,7-8,12H2,1-2H3,(H,13,14). The van der Waals surface area contributed by atoms with E-state index in [1.807, 2.05) is 23.9 Å². The molecule has 1 aromatic heterocycles. The fourth-order valence-corrected chi connectivity index (χ4v) is 2.35. The quantitative estimate of drug-likeness (QED) is 0.432. The van der Waals surface area contributed by atoms with Gasteiger partial charge in [0.2, 0.25) is 0 Å². The number of nitrogens with zero attached hydrogens (tertiary/aromatic N) is 2. The Morgan fingerprint density at radius 1 is 1.44 bits per heavy atom. The highest BCUT2D eigenvalue weighted by Gasteiger charge is 2.00. The van der Waals surface area contributed by atoms with Crippen LogP contribution in [0.1, 0.15) is 13.8 Å². The Morgan fingerprint density at radius 3 is 2.81 bits per heavy atom. The van der Waals surface area contributed by atoms with Crippen LogP contribution < -0.4 is 11.3 Å². The summed E-state index contributed by atoms with van der Waals surface area (Å²) in [4.78, 5) is 7.69. The monoisotopic (exact) mass is 240 g/mol. The minimum atomic E-state index is 0.716. The Morgan fingerprint density at radius 2 is 2.19 bits per heavy atom. The number of hydrazine groups is 1. The maximum absolute atomic E-state index is 5.31. The molecular weight excluding hydrogens is 220 g/mol. The number of pyridine rings is 1. The third-order valence-electron chi connectivity index (χ3n) is 2.45. The van der Waals surface area contributed by atoms with E-state index in [1.165, 1.54) is 4.90 Å². The van der Waals surface area contributed by atoms with Gasteiger partial charge >= 0.3 is 0 Å². The van der Waals surface area contributed by atoms with Gasteiger partial charge in [0.25, 0.3) is 0 Å². The van der Waals surface area contributed by atoms with E-state index >= 15 is 0 Å². The average molecular weight is 240 g/mol. The highest BCUT2D eigenvalue weighted by Crippen LogP contribution is 2.19. The number of rotatable bonds is 7. The van der Waals surface area contributed by atoms with Crippen molar-refractivity contribution in [3.05, 3.63) is 18.3 Å². The van der Waals surface area contributed by atoms with E-state index in [4.69, 9.17) is 5.84 Å². The second-order valence-corrected chi connectivity index (χ2v) is 4.56. The Kier molecular flexibility index (Phi) is 6.22. The summed E-state index contributed by atoms with van der Waals surface area (Å²) in [5, 5.41) is 0. The molecule has 16 heavy (non-hydrogen) atoms. The van der Waals surface area contributed by atoms with Crippen LogP contribution in [0.3, 0.4) is 0 Å². The van der Waals surface area contributed by atoms with Crippen molar-refractivity contribution in [1.29, 1.82) is 0 Å². The highest BCUT2D eigenvalue weighted by molar-refractivity contribution is 7.99. The maximum atomic E-state index is 5.31. The third-order valence-corrected chi connectivity index (χ3v) is 3.42. The van der Waals surface area contributed by atoms with Gasteiger partial charge in [0.05, 0.1) is 0 Å². The van der Waals surface area contributed by atoms with Gasteiger partial charge in [0, 0.05) is 23.4 Å². The molecule has 0 saturated carbocycles. The van der Waals surface area contributed by atoms with Gasteiger partial charge in [-0.15, -0.1) is 11.8 Å². The number of hydrogen-bond acceptors (Lipinski definition) is 5. The third kappa shape index (κ3) is 4.38. The Bertz CT molecular complexity index is 302. The van der Waals surface area contributed by atoms with Crippen molar-refractivity contribution in [2.24, 2.45) is 5.84 Å². The van der Waals surface area contributed by atoms with Gasteiger partial charge in [-0.1, -0.05) is 13.8 Å². The zero-order chi connectivity index (χ0) is 11.8. The van der Waals surface area contributed by atoms with E-state index in [1.54, 1.807) is 6.20 Å². The van der Waals surface area contributed by atoms with Crippen molar-refractivity contribution >= 4 is 17.6 Å². The zero-order valence-electron chi connectivity index (χ0n) is 9.94. The molecule has 0 bridgehead atoms. The predicted molar refractivity (Wildman–Crippen MR) is 70.6 cm³/mol. The topological polar surface area (TPSA) is 54.2 Å². The molecule has 1 heterocycles. The van der Waals surface area contributed by atoms with Gasteiger partial charge in [-0.3, -0.25) is 0 Å². The SMILES string of the molecule is CCN(CC)CCSc1ccnc(NN)c1. The van der Waals surface area contributed by atoms with Crippen molar-refractivity contribution in [3.8, 4) is 0 Å². The van der Waals surface area contributed by atoms with Crippen LogP contribution in [0.15, 0.2) is 23.2 Å². The first-order valence-electron chi connectivity index (χ1n) is 5.58. The second kappa shape index (κ2) is 7.49. The van der Waals surface area contributed by atoms with Crippen molar-refractivity contribution in [3.63, 3.8) is 0 Å². The van der Waals surface area contributed by atoms with E-state index < -0.39 is 0 Å². The van der Waals surface area contributed by atoms with E-state index in [0.717, 1.165) is 25.4 Å². The molecule has 0 radical (unpaired) electrons. The number of anilines is 1. The molecule has 4 nitrogen and oxygen atoms in total. The fraction of sp³-hybridized carbons (Fsp3) is 0.545. The predicted octanol–water partition coefficient (Wildman–Crippen LogP) is 1.80. The lowest BCUT2D eigenvalue weighted by atomic mass is 10.5. The normalized spacial score (nSPS) is 10.8. The lowest BCUT2D eigenvalue weighted by Crippen LogP contribution is -2.25. The van der Waals surface area contributed by atoms with Crippen molar-refractivity contribution in [2.75, 3.05) is 30.8 Å². The summed E-state index contributed by atoms with van der Waals surface area (Å²) in [7, 11) is 0. The van der Waals surface area contributed by atoms with Gasteiger partial charge in [-0.2, -0.15) is 0 Å². The lowest BCUT2D eigenvalue weighted by molar-refractivity contribution is 0.324. The highest BCUT2D eigenvalue weighted by atomic mass is 32.2. The maximum Gasteiger partial charge on any atom is 0.140 e. The molecule has 90 valence electrons. The summed E-state index contributed by atoms with van der Waals surface area (Å²) in [6, 6.07) is 3.97. The minimum Gasteiger partial charge on any atom is -0.308 e. The Balaban J connectivity index is 2.36. The van der Waals surface area contributed by atoms with Crippen LogP contribution in [0, 0.1) is 0 Å². The fourth-order valence-electron chi connectivity index (χ4n) is 1.41. The molecule has 0 aliphatic rings. The van der Waals surface area contributed by atoms with E-state index in [0.29, 0.717) is 5.82 Å². The van der Waals surface area contributed by atoms with Crippen molar-refractivity contribution in [1.82, 2.24) is 9.88 Å². The molecule has 0 amide bonds. The van der Waals surface area contributed by atoms with Crippen molar-refractivity contribution in [2.45, 2.75) is 18.7 Å². The van der Waals surface area contributed by atoms with Crippen LogP contribution in [0.2, 0.25) is 0 Å². The molecule has 0 aliphatic heterocycles. The Hall–Kier alpha value is -0.780. The molecule has 0 atom stereocenters. The van der Waals surface area contributed by atoms with Gasteiger partial charge in [0.1, 0.15) is 5.82 Å². The first-order chi connectivity index (χ1) is 7.80. The zero-order valence-corrected chi connectivity index (χ0v) is 10.8. The first kappa shape index (κ1) is 13.3. The first-order valence-corrected chi connectivity index (χ1v) is 6.56. The minimum absolute atomic E-state index is 0.716. The molecule has 0 unspecified atom stereocenters. The summed E-state index contributed by atoms with van der Waals surface area (Å²) in [6.45, 7) is 7.73. The van der Waals surface area contributed by atoms with Gasteiger partial charge < -0.3 is 10.3 Å². The molecule has 0 aromatic carbocycles. The average Bonchev–Trinajstić information content (AvgIpc) is 2.35. The van der Waals surface area contributed by atoms with E-state index in [2.05, 4.69) is 29.2 Å². The van der Waals surface area contributed by atoms with Crippen LogP contribution in [0.5, 0.6) is 0 Å². The number of nitrogens with one attached hydrogen (secondary N) is 1. The number of thioether (sulfide) groups is 1. The lowest BCUT2D eigenvalue weighted by Gasteiger charge is -2.17. The number of nitrogens with two attached hydrogens (primary N) is 1. The van der Waals surface area contributed by atoms with Crippen LogP contribution >= 0.6 is 11.8 Å². The van der Waals surface area contributed by atoms with Gasteiger partial charge in [0.15, 0.2) is 0 Å². The Labute approximate surface area is 102 Å². The molecule has 3 N–H and O–H groups in total. The summed E-state index contributed by atoms with van der Waals surface area (Å²) in [5.41, 5.74) is 2.55.